The molecule has 0 atom stereocenters. The molecule has 0 radical (unpaired) electrons. The molecule has 23 heavy (non-hydrogen) atoms. The highest BCUT2D eigenvalue weighted by Crippen LogP contribution is 2.19. The maximum absolute atomic E-state index is 11.4. The number of aliphatic hydroxyl groups excluding tert-OH is 1. The first kappa shape index (κ1) is 16.4. The number of carboxylic acids is 1. The Morgan fingerprint density at radius 2 is 1.83 bits per heavy atom. The van der Waals surface area contributed by atoms with E-state index in [1.54, 1.807) is 24.3 Å². The number of aryl methyl sites for hydroxylation is 3. The number of rotatable bonds is 4. The van der Waals surface area contributed by atoms with Crippen molar-refractivity contribution in [3.05, 3.63) is 64.4 Å². The van der Waals surface area contributed by atoms with Crippen LogP contribution in [0.25, 0.3) is 5.76 Å². The van der Waals surface area contributed by atoms with Crippen molar-refractivity contribution in [1.82, 2.24) is 4.98 Å². The van der Waals surface area contributed by atoms with Gasteiger partial charge in [-0.25, -0.2) is 14.8 Å². The summed E-state index contributed by atoms with van der Waals surface area (Å²) in [5, 5.41) is 19.6. The van der Waals surface area contributed by atoms with E-state index >= 15 is 0 Å². The van der Waals surface area contributed by atoms with Crippen LogP contribution in [-0.4, -0.2) is 27.4 Å². The number of carboxylic acid groups (broad SMARTS) is 1. The summed E-state index contributed by atoms with van der Waals surface area (Å²) in [6, 6.07) is 10.5. The maximum Gasteiger partial charge on any atom is 0.341 e. The van der Waals surface area contributed by atoms with Crippen LogP contribution < -0.4 is 0 Å². The lowest BCUT2D eigenvalue weighted by atomic mass is 10.0. The molecule has 2 N–H and O–H groups in total. The lowest BCUT2D eigenvalue weighted by Gasteiger charge is -2.06. The summed E-state index contributed by atoms with van der Waals surface area (Å²) < 4.78 is 0. The second-order valence-corrected chi connectivity index (χ2v) is 5.26. The zero-order valence-corrected chi connectivity index (χ0v) is 13.2. The molecule has 1 aromatic heterocycles. The van der Waals surface area contributed by atoms with E-state index in [4.69, 9.17) is 0 Å². The zero-order chi connectivity index (χ0) is 17.0. The van der Waals surface area contributed by atoms with E-state index in [-0.39, 0.29) is 11.3 Å². The van der Waals surface area contributed by atoms with E-state index in [0.717, 1.165) is 23.0 Å². The highest BCUT2D eigenvalue weighted by Gasteiger charge is 2.14. The predicted molar refractivity (Wildman–Crippen MR) is 90.2 cm³/mol. The van der Waals surface area contributed by atoms with Crippen LogP contribution in [0.15, 0.2) is 47.0 Å². The van der Waals surface area contributed by atoms with Gasteiger partial charge in [0.2, 0.25) is 0 Å². The first-order valence-corrected chi connectivity index (χ1v) is 7.10. The normalized spacial score (nSPS) is 12.3. The van der Waals surface area contributed by atoms with Gasteiger partial charge >= 0.3 is 5.97 Å². The van der Waals surface area contributed by atoms with Crippen LogP contribution in [0.4, 0.5) is 5.82 Å². The van der Waals surface area contributed by atoms with Crippen molar-refractivity contribution in [3.8, 4) is 0 Å². The quantitative estimate of drug-likeness (QED) is 0.511. The van der Waals surface area contributed by atoms with E-state index in [1.807, 2.05) is 32.9 Å². The van der Waals surface area contributed by atoms with Gasteiger partial charge in [0.1, 0.15) is 11.3 Å². The molecule has 5 heteroatoms. The van der Waals surface area contributed by atoms with Crippen LogP contribution in [-0.2, 0) is 4.79 Å². The van der Waals surface area contributed by atoms with E-state index in [9.17, 15) is 15.0 Å². The van der Waals surface area contributed by atoms with Crippen LogP contribution in [0, 0.1) is 20.8 Å². The molecule has 1 aromatic carbocycles. The molecule has 0 saturated carbocycles. The number of aliphatic carboxylic acids is 1. The van der Waals surface area contributed by atoms with E-state index in [2.05, 4.69) is 9.98 Å². The minimum Gasteiger partial charge on any atom is -0.506 e. The van der Waals surface area contributed by atoms with Crippen molar-refractivity contribution >= 4 is 23.8 Å². The highest BCUT2D eigenvalue weighted by molar-refractivity contribution is 6.14. The second kappa shape index (κ2) is 6.87. The Hall–Kier alpha value is -2.95. The number of aliphatic imine (C=N–C) groups is 1. The molecule has 0 saturated heterocycles. The summed E-state index contributed by atoms with van der Waals surface area (Å²) >= 11 is 0. The van der Waals surface area contributed by atoms with Crippen LogP contribution in [0.1, 0.15) is 22.4 Å². The molecule has 0 unspecified atom stereocenters. The molecule has 0 amide bonds. The number of hydrogen-bond donors (Lipinski definition) is 2. The first-order valence-electron chi connectivity index (χ1n) is 7.10. The Kier molecular flexibility index (Phi) is 4.91. The molecule has 1 heterocycles. The van der Waals surface area contributed by atoms with Crippen LogP contribution in [0.5, 0.6) is 0 Å². The number of nitrogens with zero attached hydrogens (tertiary/aromatic N) is 2. The van der Waals surface area contributed by atoms with E-state index in [0.29, 0.717) is 11.4 Å². The van der Waals surface area contributed by atoms with Gasteiger partial charge in [-0.3, -0.25) is 0 Å². The predicted octanol–water partition coefficient (Wildman–Crippen LogP) is 3.76. The van der Waals surface area contributed by atoms with Crippen molar-refractivity contribution in [1.29, 1.82) is 0 Å². The lowest BCUT2D eigenvalue weighted by molar-refractivity contribution is -0.132. The molecule has 5 nitrogen and oxygen atoms in total. The molecule has 2 rings (SSSR count). The molecule has 0 bridgehead atoms. The number of pyridine rings is 1. The topological polar surface area (TPSA) is 82.8 Å². The van der Waals surface area contributed by atoms with Crippen molar-refractivity contribution in [2.75, 3.05) is 0 Å². The van der Waals surface area contributed by atoms with Gasteiger partial charge in [-0.1, -0.05) is 18.2 Å². The summed E-state index contributed by atoms with van der Waals surface area (Å²) in [5.41, 5.74) is 2.97. The van der Waals surface area contributed by atoms with Gasteiger partial charge in [0.15, 0.2) is 5.82 Å². The number of benzene rings is 1. The van der Waals surface area contributed by atoms with Crippen LogP contribution in [0.2, 0.25) is 0 Å². The fourth-order valence-electron chi connectivity index (χ4n) is 1.99. The third kappa shape index (κ3) is 4.03. The Bertz CT molecular complexity index is 808. The Labute approximate surface area is 134 Å². The average Bonchev–Trinajstić information content (AvgIpc) is 2.49. The van der Waals surface area contributed by atoms with Gasteiger partial charge in [0, 0.05) is 17.5 Å². The molecule has 0 fully saturated rings. The van der Waals surface area contributed by atoms with E-state index in [1.165, 1.54) is 0 Å². The number of aromatic nitrogens is 1. The smallest absolute Gasteiger partial charge is 0.341 e. The Balaban J connectivity index is 2.43. The van der Waals surface area contributed by atoms with Gasteiger partial charge in [0.05, 0.1) is 0 Å². The fraction of sp³-hybridized carbons (Fsp3) is 0.167. The van der Waals surface area contributed by atoms with Gasteiger partial charge in [-0.05, 0) is 50.1 Å². The number of carbonyl (C=O) groups is 1. The molecular weight excluding hydrogens is 292 g/mol. The average molecular weight is 310 g/mol. The van der Waals surface area contributed by atoms with Gasteiger partial charge in [0.25, 0.3) is 0 Å². The van der Waals surface area contributed by atoms with Gasteiger partial charge in [-0.2, -0.15) is 0 Å². The zero-order valence-electron chi connectivity index (χ0n) is 13.2. The van der Waals surface area contributed by atoms with Crippen molar-refractivity contribution < 1.29 is 15.0 Å². The molecule has 118 valence electrons. The summed E-state index contributed by atoms with van der Waals surface area (Å²) in [4.78, 5) is 19.6. The molecule has 2 aromatic rings. The minimum atomic E-state index is -1.25. The third-order valence-corrected chi connectivity index (χ3v) is 3.47. The molecular formula is C18H18N2O3. The monoisotopic (exact) mass is 310 g/mol. The molecule has 0 aliphatic carbocycles. The summed E-state index contributed by atoms with van der Waals surface area (Å²) in [5.74, 6) is -1.19. The maximum atomic E-state index is 11.4. The second-order valence-electron chi connectivity index (χ2n) is 5.26. The molecule has 0 aliphatic rings. The number of hydrogen-bond acceptors (Lipinski definition) is 4. The highest BCUT2D eigenvalue weighted by atomic mass is 16.4. The largest absolute Gasteiger partial charge is 0.506 e. The lowest BCUT2D eigenvalue weighted by Crippen LogP contribution is -2.06. The first-order chi connectivity index (χ1) is 10.9. The Morgan fingerprint density at radius 1 is 1.09 bits per heavy atom. The number of aliphatic hydroxyl groups is 1. The van der Waals surface area contributed by atoms with Crippen molar-refractivity contribution in [2.45, 2.75) is 20.8 Å². The molecule has 0 spiro atoms. The van der Waals surface area contributed by atoms with Crippen LogP contribution in [0.3, 0.4) is 0 Å². The fourth-order valence-corrected chi connectivity index (χ4v) is 1.99. The standard InChI is InChI=1S/C18H18N2O3/c1-11-7-8-14(9-12(11)2)17(21)15(18(22)23)10-19-16-6-4-5-13(3)20-16/h4-10,21H,1-3H3,(H,22,23). The van der Waals surface area contributed by atoms with Crippen molar-refractivity contribution in [2.24, 2.45) is 4.99 Å². The third-order valence-electron chi connectivity index (χ3n) is 3.47. The molecule has 0 aliphatic heterocycles. The van der Waals surface area contributed by atoms with Gasteiger partial charge in [-0.15, -0.1) is 0 Å². The van der Waals surface area contributed by atoms with Crippen molar-refractivity contribution in [3.63, 3.8) is 0 Å². The van der Waals surface area contributed by atoms with E-state index < -0.39 is 5.97 Å². The van der Waals surface area contributed by atoms with Crippen LogP contribution >= 0.6 is 0 Å². The summed E-state index contributed by atoms with van der Waals surface area (Å²) in [7, 11) is 0. The summed E-state index contributed by atoms with van der Waals surface area (Å²) in [6.45, 7) is 5.67. The minimum absolute atomic E-state index is 0.281. The summed E-state index contributed by atoms with van der Waals surface area (Å²) in [6.07, 6.45) is 1.12. The van der Waals surface area contributed by atoms with Gasteiger partial charge < -0.3 is 10.2 Å². The SMILES string of the molecule is Cc1cccc(N=CC(C(=O)O)=C(O)c2ccc(C)c(C)c2)n1. The Morgan fingerprint density at radius 3 is 2.43 bits per heavy atom.